The third-order valence-corrected chi connectivity index (χ3v) is 4.55. The van der Waals surface area contributed by atoms with Gasteiger partial charge in [0, 0.05) is 6.54 Å². The molecule has 27 heavy (non-hydrogen) atoms. The fourth-order valence-corrected chi connectivity index (χ4v) is 2.84. The number of carbonyl (C=O) groups is 2. The molecule has 0 spiro atoms. The van der Waals surface area contributed by atoms with Gasteiger partial charge in [0.15, 0.2) is 6.61 Å². The number of hydrogen-bond acceptors (Lipinski definition) is 5. The number of nitrogens with zero attached hydrogens (tertiary/aromatic N) is 4. The Morgan fingerprint density at radius 1 is 1.37 bits per heavy atom. The highest BCUT2D eigenvalue weighted by Gasteiger charge is 2.29. The van der Waals surface area contributed by atoms with Gasteiger partial charge < -0.3 is 10.1 Å². The van der Waals surface area contributed by atoms with Gasteiger partial charge in [0.1, 0.15) is 24.9 Å². The quantitative estimate of drug-likeness (QED) is 0.864. The topological polar surface area (TPSA) is 89.4 Å². The second-order valence-corrected chi connectivity index (χ2v) is 7.73. The van der Waals surface area contributed by atoms with Crippen LogP contribution in [0.5, 0.6) is 5.75 Å². The lowest BCUT2D eigenvalue weighted by Crippen LogP contribution is -2.46. The molecule has 0 saturated heterocycles. The molecule has 8 nitrogen and oxygen atoms in total. The molecule has 1 N–H and O–H groups in total. The molecule has 1 atom stereocenters. The van der Waals surface area contributed by atoms with Crippen molar-refractivity contribution in [2.24, 2.45) is 0 Å². The van der Waals surface area contributed by atoms with Gasteiger partial charge in [0.2, 0.25) is 5.91 Å². The molecule has 1 aromatic carbocycles. The second-order valence-electron chi connectivity index (χ2n) is 7.73. The normalized spacial score (nSPS) is 15.1. The maximum Gasteiger partial charge on any atom is 0.265 e. The Hall–Kier alpha value is -2.90. The van der Waals surface area contributed by atoms with Gasteiger partial charge in [0.05, 0.1) is 11.7 Å². The molecule has 2 aromatic rings. The summed E-state index contributed by atoms with van der Waals surface area (Å²) in [5.74, 6) is 0.156. The SMILES string of the molecule is C[C@H](CNC(=O)CN1C(=O)COc2ccc(C(C)(C)C)cc21)n1cncn1. The zero-order chi connectivity index (χ0) is 19.6. The van der Waals surface area contributed by atoms with Crippen LogP contribution in [-0.4, -0.2) is 46.3 Å². The van der Waals surface area contributed by atoms with Crippen molar-refractivity contribution >= 4 is 17.5 Å². The number of rotatable bonds is 5. The molecule has 2 amide bonds. The van der Waals surface area contributed by atoms with Gasteiger partial charge in [-0.15, -0.1) is 0 Å². The Bertz CT molecular complexity index is 826. The number of anilines is 1. The summed E-state index contributed by atoms with van der Waals surface area (Å²) in [7, 11) is 0. The summed E-state index contributed by atoms with van der Waals surface area (Å²) in [5.41, 5.74) is 1.64. The summed E-state index contributed by atoms with van der Waals surface area (Å²) in [5, 5.41) is 6.91. The first-order valence-corrected chi connectivity index (χ1v) is 8.94. The fraction of sp³-hybridized carbons (Fsp3) is 0.474. The maximum atomic E-state index is 12.4. The highest BCUT2D eigenvalue weighted by molar-refractivity contribution is 6.02. The van der Waals surface area contributed by atoms with E-state index in [9.17, 15) is 9.59 Å². The molecule has 144 valence electrons. The minimum Gasteiger partial charge on any atom is -0.482 e. The van der Waals surface area contributed by atoms with Gasteiger partial charge in [-0.2, -0.15) is 5.10 Å². The Morgan fingerprint density at radius 3 is 2.81 bits per heavy atom. The molecule has 0 saturated carbocycles. The lowest BCUT2D eigenvalue weighted by Gasteiger charge is -2.31. The minimum absolute atomic E-state index is 0.0309. The van der Waals surface area contributed by atoms with Crippen molar-refractivity contribution in [1.29, 1.82) is 0 Å². The van der Waals surface area contributed by atoms with Crippen LogP contribution in [0.4, 0.5) is 5.69 Å². The van der Waals surface area contributed by atoms with Crippen LogP contribution in [0.2, 0.25) is 0 Å². The Labute approximate surface area is 158 Å². The van der Waals surface area contributed by atoms with Crippen LogP contribution in [0, 0.1) is 0 Å². The fourth-order valence-electron chi connectivity index (χ4n) is 2.84. The molecule has 0 unspecified atom stereocenters. The van der Waals surface area contributed by atoms with Gasteiger partial charge in [-0.1, -0.05) is 26.8 Å². The molecule has 0 aliphatic carbocycles. The van der Waals surface area contributed by atoms with E-state index in [4.69, 9.17) is 4.74 Å². The third-order valence-electron chi connectivity index (χ3n) is 4.55. The van der Waals surface area contributed by atoms with Crippen molar-refractivity contribution in [3.8, 4) is 5.75 Å². The summed E-state index contributed by atoms with van der Waals surface area (Å²) in [6.07, 6.45) is 3.06. The van der Waals surface area contributed by atoms with E-state index in [1.807, 2.05) is 25.1 Å². The summed E-state index contributed by atoms with van der Waals surface area (Å²) in [4.78, 5) is 30.2. The monoisotopic (exact) mass is 371 g/mol. The summed E-state index contributed by atoms with van der Waals surface area (Å²) < 4.78 is 7.19. The van der Waals surface area contributed by atoms with Crippen molar-refractivity contribution in [2.75, 3.05) is 24.6 Å². The highest BCUT2D eigenvalue weighted by Crippen LogP contribution is 2.36. The van der Waals surface area contributed by atoms with Crippen LogP contribution in [0.3, 0.4) is 0 Å². The molecular formula is C19H25N5O3. The first-order chi connectivity index (χ1) is 12.8. The molecule has 0 radical (unpaired) electrons. The molecular weight excluding hydrogens is 346 g/mol. The van der Waals surface area contributed by atoms with Gasteiger partial charge in [0.25, 0.3) is 5.91 Å². The van der Waals surface area contributed by atoms with Crippen molar-refractivity contribution in [3.05, 3.63) is 36.4 Å². The van der Waals surface area contributed by atoms with Gasteiger partial charge in [-0.25, -0.2) is 9.67 Å². The summed E-state index contributed by atoms with van der Waals surface area (Å²) in [6.45, 7) is 8.52. The largest absolute Gasteiger partial charge is 0.482 e. The molecule has 3 rings (SSSR count). The van der Waals surface area contributed by atoms with Gasteiger partial charge >= 0.3 is 0 Å². The van der Waals surface area contributed by atoms with Crippen molar-refractivity contribution in [1.82, 2.24) is 20.1 Å². The first-order valence-electron chi connectivity index (χ1n) is 8.94. The van der Waals surface area contributed by atoms with E-state index in [2.05, 4.69) is 36.2 Å². The highest BCUT2D eigenvalue weighted by atomic mass is 16.5. The average molecular weight is 371 g/mol. The number of fused-ring (bicyclic) bond motifs is 1. The molecule has 2 heterocycles. The minimum atomic E-state index is -0.232. The third kappa shape index (κ3) is 4.27. The molecule has 0 fully saturated rings. The van der Waals surface area contributed by atoms with Crippen LogP contribution in [0.1, 0.15) is 39.3 Å². The maximum absolute atomic E-state index is 12.4. The van der Waals surface area contributed by atoms with Crippen LogP contribution in [0.25, 0.3) is 0 Å². The number of amides is 2. The van der Waals surface area contributed by atoms with Crippen molar-refractivity contribution in [3.63, 3.8) is 0 Å². The second kappa shape index (κ2) is 7.38. The Balaban J connectivity index is 1.71. The van der Waals surface area contributed by atoms with E-state index >= 15 is 0 Å². The predicted molar refractivity (Wildman–Crippen MR) is 101 cm³/mol. The summed E-state index contributed by atoms with van der Waals surface area (Å²) in [6, 6.07) is 5.75. The number of benzene rings is 1. The Morgan fingerprint density at radius 2 is 2.15 bits per heavy atom. The van der Waals surface area contributed by atoms with Crippen LogP contribution < -0.4 is 15.0 Å². The van der Waals surface area contributed by atoms with Crippen LogP contribution in [0.15, 0.2) is 30.9 Å². The molecule has 1 aliphatic rings. The smallest absolute Gasteiger partial charge is 0.265 e. The summed E-state index contributed by atoms with van der Waals surface area (Å²) >= 11 is 0. The van der Waals surface area contributed by atoms with Crippen molar-refractivity contribution in [2.45, 2.75) is 39.2 Å². The van der Waals surface area contributed by atoms with E-state index in [-0.39, 0.29) is 36.4 Å². The standard InChI is InChI=1S/C19H25N5O3/c1-13(24-12-20-11-22-24)8-21-17(25)9-23-15-7-14(19(2,3)4)5-6-16(15)27-10-18(23)26/h5-7,11-13H,8-10H2,1-4H3,(H,21,25)/t13-/m1/s1. The number of nitrogens with one attached hydrogen (secondary N) is 1. The first kappa shape index (κ1) is 18.9. The van der Waals surface area contributed by atoms with E-state index in [0.29, 0.717) is 18.0 Å². The Kier molecular flexibility index (Phi) is 5.16. The van der Waals surface area contributed by atoms with E-state index in [1.54, 1.807) is 11.0 Å². The lowest BCUT2D eigenvalue weighted by atomic mass is 9.86. The molecule has 0 bridgehead atoms. The van der Waals surface area contributed by atoms with E-state index in [1.165, 1.54) is 11.2 Å². The molecule has 1 aliphatic heterocycles. The lowest BCUT2D eigenvalue weighted by molar-refractivity contribution is -0.125. The number of hydrogen-bond donors (Lipinski definition) is 1. The van der Waals surface area contributed by atoms with Gasteiger partial charge in [-0.05, 0) is 30.0 Å². The van der Waals surface area contributed by atoms with Gasteiger partial charge in [-0.3, -0.25) is 14.5 Å². The predicted octanol–water partition coefficient (Wildman–Crippen LogP) is 1.68. The zero-order valence-corrected chi connectivity index (χ0v) is 16.1. The van der Waals surface area contributed by atoms with Crippen LogP contribution >= 0.6 is 0 Å². The number of ether oxygens (including phenoxy) is 1. The van der Waals surface area contributed by atoms with Crippen molar-refractivity contribution < 1.29 is 14.3 Å². The average Bonchev–Trinajstić information content (AvgIpc) is 3.15. The van der Waals surface area contributed by atoms with E-state index in [0.717, 1.165) is 5.56 Å². The van der Waals surface area contributed by atoms with Crippen LogP contribution in [-0.2, 0) is 15.0 Å². The molecule has 1 aromatic heterocycles. The van der Waals surface area contributed by atoms with E-state index < -0.39 is 0 Å². The zero-order valence-electron chi connectivity index (χ0n) is 16.1. The number of aromatic nitrogens is 3. The molecule has 8 heteroatoms. The number of carbonyl (C=O) groups excluding carboxylic acids is 2.